The Balaban J connectivity index is 1.55. The highest BCUT2D eigenvalue weighted by Crippen LogP contribution is 2.33. The Hall–Kier alpha value is -3.67. The Morgan fingerprint density at radius 2 is 1.65 bits per heavy atom. The summed E-state index contributed by atoms with van der Waals surface area (Å²) in [4.78, 5) is 27.4. The summed E-state index contributed by atoms with van der Waals surface area (Å²) < 4.78 is 23.4. The number of rotatable bonds is 5. The van der Waals surface area contributed by atoms with Crippen molar-refractivity contribution >= 4 is 60.6 Å². The van der Waals surface area contributed by atoms with Crippen LogP contribution in [0.3, 0.4) is 0 Å². The van der Waals surface area contributed by atoms with Crippen LogP contribution in [-0.4, -0.2) is 56.6 Å². The Morgan fingerprint density at radius 1 is 0.971 bits per heavy atom. The average Bonchev–Trinajstić information content (AvgIpc) is 3.33. The van der Waals surface area contributed by atoms with Gasteiger partial charge in [-0.2, -0.15) is 8.42 Å². The topological polar surface area (TPSA) is 119 Å². The van der Waals surface area contributed by atoms with E-state index in [1.165, 1.54) is 12.1 Å². The number of amides is 1. The average molecular weight is 499 g/mol. The van der Waals surface area contributed by atoms with Gasteiger partial charge in [0.05, 0.1) is 4.88 Å². The van der Waals surface area contributed by atoms with E-state index < -0.39 is 21.3 Å². The molecule has 176 valence electrons. The van der Waals surface area contributed by atoms with E-state index >= 15 is 0 Å². The molecule has 4 rings (SSSR count). The molecule has 1 fully saturated rings. The van der Waals surface area contributed by atoms with Crippen molar-refractivity contribution in [1.82, 2.24) is 5.32 Å². The fourth-order valence-corrected chi connectivity index (χ4v) is 5.09. The lowest BCUT2D eigenvalue weighted by molar-refractivity contribution is -0.129. The van der Waals surface area contributed by atoms with Crippen LogP contribution in [0.5, 0.6) is 0 Å². The summed E-state index contributed by atoms with van der Waals surface area (Å²) in [5.74, 6) is -1.97. The number of carbonyl (C=O) groups is 2. The van der Waals surface area contributed by atoms with Gasteiger partial charge in [-0.15, -0.1) is 11.3 Å². The molecule has 34 heavy (non-hydrogen) atoms. The van der Waals surface area contributed by atoms with E-state index in [9.17, 15) is 23.1 Å². The second-order valence-corrected chi connectivity index (χ2v) is 9.31. The van der Waals surface area contributed by atoms with Crippen molar-refractivity contribution in [3.8, 4) is 0 Å². The van der Waals surface area contributed by atoms with Crippen LogP contribution in [0.15, 0.2) is 66.7 Å². The first kappa shape index (κ1) is 23.5. The van der Waals surface area contributed by atoms with Crippen LogP contribution in [0.2, 0.25) is 0 Å². The van der Waals surface area contributed by atoms with E-state index in [0.717, 1.165) is 48.1 Å². The molecule has 1 amide bonds. The standard InChI is InChI=1S/C23H22N4O5S2/c28-21(25-16-6-8-17(9-7-16)26-14-12-24-13-15-26)19-10-11-20(33-19)27(18-4-2-1-3-5-18)22(23(29)30)34(31)32/h1-11,24H,12-15H2,(H,25,28)(H,29,30). The van der Waals surface area contributed by atoms with E-state index in [1.807, 2.05) is 24.3 Å². The number of benzene rings is 2. The smallest absolute Gasteiger partial charge is 0.369 e. The van der Waals surface area contributed by atoms with Gasteiger partial charge in [0.15, 0.2) is 0 Å². The molecule has 0 radical (unpaired) electrons. The molecule has 11 heteroatoms. The first-order valence-electron chi connectivity index (χ1n) is 10.5. The normalized spacial score (nSPS) is 13.2. The molecular weight excluding hydrogens is 476 g/mol. The van der Waals surface area contributed by atoms with Gasteiger partial charge in [-0.05, 0) is 48.5 Å². The lowest BCUT2D eigenvalue weighted by Crippen LogP contribution is -2.43. The molecule has 9 nitrogen and oxygen atoms in total. The number of hydrogen-bond donors (Lipinski definition) is 3. The summed E-state index contributed by atoms with van der Waals surface area (Å²) in [5.41, 5.74) is 2.05. The third-order valence-corrected chi connectivity index (χ3v) is 6.94. The first-order valence-corrected chi connectivity index (χ1v) is 12.3. The summed E-state index contributed by atoms with van der Waals surface area (Å²) in [6.45, 7) is 3.70. The third kappa shape index (κ3) is 5.28. The molecule has 1 saturated heterocycles. The third-order valence-electron chi connectivity index (χ3n) is 5.20. The minimum absolute atomic E-state index is 0.284. The maximum Gasteiger partial charge on any atom is 0.369 e. The van der Waals surface area contributed by atoms with E-state index in [4.69, 9.17) is 0 Å². The van der Waals surface area contributed by atoms with Crippen LogP contribution in [0.1, 0.15) is 9.67 Å². The molecule has 3 N–H and O–H groups in total. The van der Waals surface area contributed by atoms with Gasteiger partial charge in [0.1, 0.15) is 5.00 Å². The SMILES string of the molecule is O=C(O)C(N(c1ccccc1)c1ccc(C(=O)Nc2ccc(N3CCNCC3)cc2)s1)=S(=O)=O. The molecule has 0 spiro atoms. The van der Waals surface area contributed by atoms with Crippen LogP contribution in [-0.2, 0) is 15.1 Å². The van der Waals surface area contributed by atoms with Crippen LogP contribution < -0.4 is 20.4 Å². The van der Waals surface area contributed by atoms with Gasteiger partial charge in [-0.3, -0.25) is 9.69 Å². The van der Waals surface area contributed by atoms with Crippen molar-refractivity contribution in [2.45, 2.75) is 0 Å². The molecule has 3 aromatic rings. The molecule has 2 heterocycles. The quantitative estimate of drug-likeness (QED) is 0.460. The Bertz CT molecular complexity index is 1310. The number of thiophene rings is 1. The van der Waals surface area contributed by atoms with Crippen LogP contribution in [0.4, 0.5) is 22.1 Å². The molecule has 1 aromatic heterocycles. The second kappa shape index (κ2) is 10.5. The lowest BCUT2D eigenvalue weighted by Gasteiger charge is -2.29. The molecule has 0 bridgehead atoms. The summed E-state index contributed by atoms with van der Waals surface area (Å²) >= 11 is 0.993. The lowest BCUT2D eigenvalue weighted by atomic mass is 10.2. The van der Waals surface area contributed by atoms with Gasteiger partial charge in [0.25, 0.3) is 10.9 Å². The van der Waals surface area contributed by atoms with Crippen molar-refractivity contribution in [2.75, 3.05) is 41.3 Å². The van der Waals surface area contributed by atoms with Crippen LogP contribution in [0, 0.1) is 0 Å². The number of carboxylic acid groups (broad SMARTS) is 1. The zero-order valence-electron chi connectivity index (χ0n) is 18.0. The van der Waals surface area contributed by atoms with Crippen molar-refractivity contribution in [2.24, 2.45) is 0 Å². The van der Waals surface area contributed by atoms with E-state index in [2.05, 4.69) is 15.5 Å². The molecule has 0 aliphatic carbocycles. The molecule has 0 atom stereocenters. The number of piperazine rings is 1. The Morgan fingerprint density at radius 3 is 2.26 bits per heavy atom. The molecule has 0 unspecified atom stereocenters. The zero-order valence-corrected chi connectivity index (χ0v) is 19.6. The Labute approximate surface area is 201 Å². The van der Waals surface area contributed by atoms with Crippen LogP contribution in [0.25, 0.3) is 0 Å². The molecule has 2 aromatic carbocycles. The number of nitrogens with zero attached hydrogens (tertiary/aromatic N) is 2. The predicted octanol–water partition coefficient (Wildman–Crippen LogP) is 2.64. The molecule has 1 aliphatic rings. The fourth-order valence-electron chi connectivity index (χ4n) is 3.60. The highest BCUT2D eigenvalue weighted by Gasteiger charge is 2.26. The fraction of sp³-hybridized carbons (Fsp3) is 0.174. The van der Waals surface area contributed by atoms with Gasteiger partial charge in [-0.1, -0.05) is 18.2 Å². The summed E-state index contributed by atoms with van der Waals surface area (Å²) in [6, 6.07) is 18.9. The van der Waals surface area contributed by atoms with Gasteiger partial charge in [-0.25, -0.2) is 4.79 Å². The number of anilines is 4. The van der Waals surface area contributed by atoms with Crippen molar-refractivity contribution in [1.29, 1.82) is 0 Å². The largest absolute Gasteiger partial charge is 0.476 e. The predicted molar refractivity (Wildman–Crippen MR) is 134 cm³/mol. The van der Waals surface area contributed by atoms with Gasteiger partial charge in [0.2, 0.25) is 10.3 Å². The summed E-state index contributed by atoms with van der Waals surface area (Å²) in [6.07, 6.45) is 0. The highest BCUT2D eigenvalue weighted by atomic mass is 32.2. The van der Waals surface area contributed by atoms with Crippen LogP contribution >= 0.6 is 11.3 Å². The number of carboxylic acids is 1. The minimum Gasteiger partial charge on any atom is -0.476 e. The van der Waals surface area contributed by atoms with E-state index in [0.29, 0.717) is 16.3 Å². The Kier molecular flexibility index (Phi) is 7.26. The first-order chi connectivity index (χ1) is 16.4. The molecule has 1 aliphatic heterocycles. The maximum absolute atomic E-state index is 12.8. The van der Waals surface area contributed by atoms with Crippen molar-refractivity contribution in [3.05, 3.63) is 71.6 Å². The number of hydrogen-bond acceptors (Lipinski definition) is 7. The zero-order chi connectivity index (χ0) is 24.1. The molecular formula is C23H22N4O5S2. The summed E-state index contributed by atoms with van der Waals surface area (Å²) in [5, 5.41) is 15.9. The number of aliphatic carboxylic acids is 1. The van der Waals surface area contributed by atoms with Crippen molar-refractivity contribution < 1.29 is 23.1 Å². The summed E-state index contributed by atoms with van der Waals surface area (Å²) in [7, 11) is -3.01. The van der Waals surface area contributed by atoms with Gasteiger partial charge >= 0.3 is 5.97 Å². The van der Waals surface area contributed by atoms with E-state index in [1.54, 1.807) is 30.3 Å². The maximum atomic E-state index is 12.8. The molecule has 0 saturated carbocycles. The monoisotopic (exact) mass is 498 g/mol. The van der Waals surface area contributed by atoms with Gasteiger partial charge in [0, 0.05) is 43.2 Å². The van der Waals surface area contributed by atoms with E-state index in [-0.39, 0.29) is 10.9 Å². The van der Waals surface area contributed by atoms with Gasteiger partial charge < -0.3 is 20.6 Å². The minimum atomic E-state index is -3.01. The van der Waals surface area contributed by atoms with Crippen molar-refractivity contribution in [3.63, 3.8) is 0 Å². The number of carbonyl (C=O) groups excluding carboxylic acids is 1. The highest BCUT2D eigenvalue weighted by molar-refractivity contribution is 7.75. The second-order valence-electron chi connectivity index (χ2n) is 7.39. The number of nitrogens with one attached hydrogen (secondary N) is 2. The number of para-hydroxylation sites is 1.